The normalized spacial score (nSPS) is 23.1. The van der Waals surface area contributed by atoms with Gasteiger partial charge < -0.3 is 4.90 Å². The third-order valence-electron chi connectivity index (χ3n) is 3.49. The van der Waals surface area contributed by atoms with E-state index in [-0.39, 0.29) is 11.9 Å². The van der Waals surface area contributed by atoms with Crippen molar-refractivity contribution in [3.05, 3.63) is 35.9 Å². The summed E-state index contributed by atoms with van der Waals surface area (Å²) >= 11 is 0. The Bertz CT molecular complexity index is 458. The van der Waals surface area contributed by atoms with Crippen LogP contribution in [0.3, 0.4) is 0 Å². The Labute approximate surface area is 99.8 Å². The van der Waals surface area contributed by atoms with Crippen molar-refractivity contribution in [2.45, 2.75) is 6.42 Å². The van der Waals surface area contributed by atoms with E-state index in [1.165, 1.54) is 4.90 Å². The number of imide groups is 1. The van der Waals surface area contributed by atoms with Crippen LogP contribution in [0.25, 0.3) is 0 Å². The van der Waals surface area contributed by atoms with Gasteiger partial charge in [0.1, 0.15) is 0 Å². The first kappa shape index (κ1) is 10.3. The van der Waals surface area contributed by atoms with E-state index >= 15 is 0 Å². The molecule has 17 heavy (non-hydrogen) atoms. The number of hydrogen-bond donors (Lipinski definition) is 0. The number of fused-ring (bicyclic) bond motifs is 2. The zero-order valence-electron chi connectivity index (χ0n) is 9.50. The van der Waals surface area contributed by atoms with Gasteiger partial charge in [0.15, 0.2) is 0 Å². The molecular weight excluding hydrogens is 216 g/mol. The quantitative estimate of drug-likeness (QED) is 0.735. The molecule has 2 heterocycles. The molecule has 0 saturated carbocycles. The number of carbonyl (C=O) groups is 2. The fraction of sp³-hybridized carbons (Fsp3) is 0.385. The topological polar surface area (TPSA) is 40.6 Å². The molecule has 2 aliphatic rings. The maximum absolute atomic E-state index is 12.2. The van der Waals surface area contributed by atoms with E-state index in [4.69, 9.17) is 0 Å². The molecular formula is C13H14N2O2. The van der Waals surface area contributed by atoms with Gasteiger partial charge >= 0.3 is 6.03 Å². The van der Waals surface area contributed by atoms with Crippen LogP contribution < -0.4 is 0 Å². The van der Waals surface area contributed by atoms with Crippen molar-refractivity contribution >= 4 is 11.9 Å². The zero-order valence-corrected chi connectivity index (χ0v) is 9.50. The third kappa shape index (κ3) is 1.69. The molecule has 1 aromatic carbocycles. The standard InChI is InChI=1S/C13H14N2O2/c16-12(11-4-2-1-3-5-11)15-9-10-6-7-14(8-10)13(15)17/h1-5,10H,6-9H2. The fourth-order valence-corrected chi connectivity index (χ4v) is 2.57. The SMILES string of the molecule is O=C(c1ccccc1)N1CC2CCN(C2)C1=O. The van der Waals surface area contributed by atoms with Crippen molar-refractivity contribution in [1.29, 1.82) is 0 Å². The second kappa shape index (κ2) is 3.87. The summed E-state index contributed by atoms with van der Waals surface area (Å²) in [5, 5.41) is 0. The van der Waals surface area contributed by atoms with Crippen LogP contribution in [0.15, 0.2) is 30.3 Å². The van der Waals surface area contributed by atoms with Gasteiger partial charge in [-0.25, -0.2) is 4.79 Å². The van der Waals surface area contributed by atoms with E-state index < -0.39 is 0 Å². The first-order valence-electron chi connectivity index (χ1n) is 5.91. The number of urea groups is 1. The van der Waals surface area contributed by atoms with Crippen LogP contribution in [-0.2, 0) is 0 Å². The molecule has 1 atom stereocenters. The Morgan fingerprint density at radius 1 is 1.18 bits per heavy atom. The van der Waals surface area contributed by atoms with Crippen molar-refractivity contribution in [3.8, 4) is 0 Å². The van der Waals surface area contributed by atoms with Gasteiger partial charge in [-0.15, -0.1) is 0 Å². The summed E-state index contributed by atoms with van der Waals surface area (Å²) in [6, 6.07) is 8.87. The van der Waals surface area contributed by atoms with Gasteiger partial charge in [0.05, 0.1) is 0 Å². The zero-order chi connectivity index (χ0) is 11.8. The first-order chi connectivity index (χ1) is 8.25. The summed E-state index contributed by atoms with van der Waals surface area (Å²) in [5.74, 6) is 0.285. The fourth-order valence-electron chi connectivity index (χ4n) is 2.57. The van der Waals surface area contributed by atoms with E-state index in [1.54, 1.807) is 17.0 Å². The lowest BCUT2D eigenvalue weighted by molar-refractivity contribution is 0.0710. The van der Waals surface area contributed by atoms with Crippen LogP contribution in [0.4, 0.5) is 4.79 Å². The summed E-state index contributed by atoms with van der Waals surface area (Å²) in [7, 11) is 0. The predicted molar refractivity (Wildman–Crippen MR) is 62.6 cm³/mol. The Kier molecular flexibility index (Phi) is 2.35. The van der Waals surface area contributed by atoms with Gasteiger partial charge in [0, 0.05) is 25.2 Å². The molecule has 0 aromatic heterocycles. The minimum absolute atomic E-state index is 0.132. The lowest BCUT2D eigenvalue weighted by Crippen LogP contribution is -2.51. The van der Waals surface area contributed by atoms with Crippen molar-refractivity contribution in [1.82, 2.24) is 9.80 Å². The van der Waals surface area contributed by atoms with Gasteiger partial charge in [-0.3, -0.25) is 9.69 Å². The highest BCUT2D eigenvalue weighted by molar-refractivity contribution is 6.04. The molecule has 0 radical (unpaired) electrons. The maximum atomic E-state index is 12.2. The molecule has 2 fully saturated rings. The molecule has 2 bridgehead atoms. The van der Waals surface area contributed by atoms with Crippen LogP contribution in [0.5, 0.6) is 0 Å². The van der Waals surface area contributed by atoms with Gasteiger partial charge in [0.25, 0.3) is 5.91 Å². The van der Waals surface area contributed by atoms with E-state index in [1.807, 2.05) is 18.2 Å². The third-order valence-corrected chi connectivity index (χ3v) is 3.49. The number of benzene rings is 1. The van der Waals surface area contributed by atoms with Crippen LogP contribution >= 0.6 is 0 Å². The number of carbonyl (C=O) groups excluding carboxylic acids is 2. The van der Waals surface area contributed by atoms with Crippen molar-refractivity contribution in [3.63, 3.8) is 0 Å². The molecule has 0 N–H and O–H groups in total. The summed E-state index contributed by atoms with van der Waals surface area (Å²) in [4.78, 5) is 27.4. The minimum Gasteiger partial charge on any atom is -0.324 e. The van der Waals surface area contributed by atoms with E-state index in [0.29, 0.717) is 18.0 Å². The monoisotopic (exact) mass is 230 g/mol. The van der Waals surface area contributed by atoms with Crippen LogP contribution in [-0.4, -0.2) is 41.4 Å². The predicted octanol–water partition coefficient (Wildman–Crippen LogP) is 1.58. The lowest BCUT2D eigenvalue weighted by Gasteiger charge is -2.32. The van der Waals surface area contributed by atoms with Gasteiger partial charge in [-0.2, -0.15) is 0 Å². The second-order valence-electron chi connectivity index (χ2n) is 4.67. The molecule has 2 aliphatic heterocycles. The average molecular weight is 230 g/mol. The summed E-state index contributed by atoms with van der Waals surface area (Å²) in [5.41, 5.74) is 0.586. The van der Waals surface area contributed by atoms with E-state index in [0.717, 1.165) is 19.5 Å². The molecule has 0 spiro atoms. The molecule has 0 aliphatic carbocycles. The van der Waals surface area contributed by atoms with Crippen LogP contribution in [0.1, 0.15) is 16.8 Å². The smallest absolute Gasteiger partial charge is 0.324 e. The number of rotatable bonds is 1. The summed E-state index contributed by atoms with van der Waals surface area (Å²) < 4.78 is 0. The van der Waals surface area contributed by atoms with E-state index in [2.05, 4.69) is 0 Å². The molecule has 4 heteroatoms. The Morgan fingerprint density at radius 3 is 2.71 bits per heavy atom. The van der Waals surface area contributed by atoms with Gasteiger partial charge in [-0.1, -0.05) is 18.2 Å². The van der Waals surface area contributed by atoms with Crippen molar-refractivity contribution in [2.75, 3.05) is 19.6 Å². The van der Waals surface area contributed by atoms with E-state index in [9.17, 15) is 9.59 Å². The summed E-state index contributed by atoms with van der Waals surface area (Å²) in [6.07, 6.45) is 1.02. The average Bonchev–Trinajstić information content (AvgIpc) is 2.78. The van der Waals surface area contributed by atoms with Crippen LogP contribution in [0.2, 0.25) is 0 Å². The maximum Gasteiger partial charge on any atom is 0.326 e. The number of hydrogen-bond acceptors (Lipinski definition) is 2. The lowest BCUT2D eigenvalue weighted by atomic mass is 10.1. The largest absolute Gasteiger partial charge is 0.326 e. The highest BCUT2D eigenvalue weighted by atomic mass is 16.2. The molecule has 1 aromatic rings. The van der Waals surface area contributed by atoms with Gasteiger partial charge in [-0.05, 0) is 24.5 Å². The van der Waals surface area contributed by atoms with Crippen molar-refractivity contribution in [2.24, 2.45) is 5.92 Å². The van der Waals surface area contributed by atoms with Crippen molar-refractivity contribution < 1.29 is 9.59 Å². The number of amides is 3. The Morgan fingerprint density at radius 2 is 1.94 bits per heavy atom. The first-order valence-corrected chi connectivity index (χ1v) is 5.91. The second-order valence-corrected chi connectivity index (χ2v) is 4.67. The molecule has 2 saturated heterocycles. The molecule has 3 rings (SSSR count). The molecule has 3 amide bonds. The Balaban J connectivity index is 1.85. The Hall–Kier alpha value is -1.84. The van der Waals surface area contributed by atoms with Gasteiger partial charge in [0.2, 0.25) is 0 Å². The highest BCUT2D eigenvalue weighted by Gasteiger charge is 2.39. The minimum atomic E-state index is -0.174. The molecule has 1 unspecified atom stereocenters. The molecule has 88 valence electrons. The molecule has 4 nitrogen and oxygen atoms in total. The highest BCUT2D eigenvalue weighted by Crippen LogP contribution is 2.25. The van der Waals surface area contributed by atoms with Crippen LogP contribution in [0, 0.1) is 5.92 Å². The number of nitrogens with zero attached hydrogens (tertiary/aromatic N) is 2. The summed E-state index contributed by atoms with van der Waals surface area (Å²) in [6.45, 7) is 2.18.